The Morgan fingerprint density at radius 1 is 0.322 bits per heavy atom. The summed E-state index contributed by atoms with van der Waals surface area (Å²) in [7, 11) is -9.90. The summed E-state index contributed by atoms with van der Waals surface area (Å²) in [5.41, 5.74) is 0. The molecule has 3 N–H and O–H groups in total. The SMILES string of the molecule is CCCCCCCCCCCCCCC(=O)O[C@H](COC(=O)CCCCCCCCC(C)CC)COP(=O)(O)OC[C@H](O)COP(=O)(O)OC[C@@H](COC(=O)CCCCCCCCCCC(C)CC)OC(=O)CCCCCCCCCCCCCCCC(C)C. The monoisotopic (exact) mass is 1320 g/mol. The maximum atomic E-state index is 13.0. The summed E-state index contributed by atoms with van der Waals surface area (Å²) in [5.74, 6) is 0.170. The number of phosphoric acid groups is 2. The molecule has 0 saturated carbocycles. The van der Waals surface area contributed by atoms with Gasteiger partial charge < -0.3 is 33.8 Å². The Morgan fingerprint density at radius 2 is 0.567 bits per heavy atom. The van der Waals surface area contributed by atoms with Crippen LogP contribution in [0.4, 0.5) is 0 Å². The number of aliphatic hydroxyl groups excluding tert-OH is 1. The first kappa shape index (κ1) is 88.1. The normalized spacial score (nSPS) is 14.8. The van der Waals surface area contributed by atoms with Gasteiger partial charge in [0.1, 0.15) is 19.3 Å². The van der Waals surface area contributed by atoms with Crippen LogP contribution in [0.2, 0.25) is 0 Å². The summed E-state index contributed by atoms with van der Waals surface area (Å²) >= 11 is 0. The molecule has 0 saturated heterocycles. The van der Waals surface area contributed by atoms with E-state index in [1.165, 1.54) is 161 Å². The van der Waals surface area contributed by atoms with E-state index in [1.807, 2.05) is 0 Å². The molecule has 4 unspecified atom stereocenters. The van der Waals surface area contributed by atoms with Crippen molar-refractivity contribution in [2.45, 2.75) is 375 Å². The number of phosphoric ester groups is 2. The molecule has 0 aromatic heterocycles. The lowest BCUT2D eigenvalue weighted by Gasteiger charge is -2.21. The number of hydrogen-bond donors (Lipinski definition) is 3. The van der Waals surface area contributed by atoms with Gasteiger partial charge in [-0.1, -0.05) is 305 Å². The molecular weight excluding hydrogens is 1190 g/mol. The molecule has 0 amide bonds. The van der Waals surface area contributed by atoms with E-state index in [0.717, 1.165) is 114 Å². The molecule has 19 heteroatoms. The van der Waals surface area contributed by atoms with Crippen LogP contribution in [0.5, 0.6) is 0 Å². The first-order valence-corrected chi connectivity index (χ1v) is 39.9. The topological polar surface area (TPSA) is 237 Å². The van der Waals surface area contributed by atoms with Crippen molar-refractivity contribution >= 4 is 39.5 Å². The maximum absolute atomic E-state index is 13.0. The highest BCUT2D eigenvalue weighted by atomic mass is 31.2. The predicted octanol–water partition coefficient (Wildman–Crippen LogP) is 20.2. The maximum Gasteiger partial charge on any atom is 0.472 e. The average molecular weight is 1330 g/mol. The molecule has 17 nitrogen and oxygen atoms in total. The molecule has 90 heavy (non-hydrogen) atoms. The van der Waals surface area contributed by atoms with E-state index in [2.05, 4.69) is 48.5 Å². The summed E-state index contributed by atoms with van der Waals surface area (Å²) in [4.78, 5) is 72.6. The van der Waals surface area contributed by atoms with Gasteiger partial charge in [-0.25, -0.2) is 9.13 Å². The van der Waals surface area contributed by atoms with Crippen molar-refractivity contribution in [1.82, 2.24) is 0 Å². The molecule has 0 heterocycles. The molecule has 0 aliphatic carbocycles. The van der Waals surface area contributed by atoms with Gasteiger partial charge in [0.25, 0.3) is 0 Å². The lowest BCUT2D eigenvalue weighted by molar-refractivity contribution is -0.161. The van der Waals surface area contributed by atoms with Crippen LogP contribution in [0.15, 0.2) is 0 Å². The fraction of sp³-hybridized carbons (Fsp3) is 0.944. The van der Waals surface area contributed by atoms with Crippen LogP contribution in [0.25, 0.3) is 0 Å². The molecular formula is C71H138O17P2. The third-order valence-corrected chi connectivity index (χ3v) is 19.0. The summed E-state index contributed by atoms with van der Waals surface area (Å²) < 4.78 is 68.3. The van der Waals surface area contributed by atoms with Crippen molar-refractivity contribution in [3.8, 4) is 0 Å². The number of esters is 4. The van der Waals surface area contributed by atoms with Gasteiger partial charge in [0.15, 0.2) is 12.2 Å². The first-order valence-electron chi connectivity index (χ1n) is 36.9. The zero-order chi connectivity index (χ0) is 66.6. The van der Waals surface area contributed by atoms with E-state index < -0.39 is 97.5 Å². The third-order valence-electron chi connectivity index (χ3n) is 17.1. The lowest BCUT2D eigenvalue weighted by Crippen LogP contribution is -2.30. The summed E-state index contributed by atoms with van der Waals surface area (Å²) in [6.07, 6.45) is 45.7. The van der Waals surface area contributed by atoms with E-state index in [1.54, 1.807) is 0 Å². The smallest absolute Gasteiger partial charge is 0.462 e. The highest BCUT2D eigenvalue weighted by molar-refractivity contribution is 7.47. The molecule has 0 rings (SSSR count). The molecule has 0 spiro atoms. The minimum atomic E-state index is -4.95. The van der Waals surface area contributed by atoms with Crippen LogP contribution in [-0.4, -0.2) is 96.7 Å². The highest BCUT2D eigenvalue weighted by Gasteiger charge is 2.30. The zero-order valence-corrected chi connectivity index (χ0v) is 60.4. The van der Waals surface area contributed by atoms with E-state index in [4.69, 9.17) is 37.0 Å². The van der Waals surface area contributed by atoms with Gasteiger partial charge in [-0.05, 0) is 43.4 Å². The Morgan fingerprint density at radius 3 is 0.844 bits per heavy atom. The van der Waals surface area contributed by atoms with Crippen molar-refractivity contribution in [3.63, 3.8) is 0 Å². The Bertz CT molecular complexity index is 1770. The number of unbranched alkanes of at least 4 members (excludes halogenated alkanes) is 35. The Labute approximate surface area is 549 Å². The number of hydrogen-bond acceptors (Lipinski definition) is 15. The second-order valence-electron chi connectivity index (χ2n) is 26.6. The van der Waals surface area contributed by atoms with E-state index in [0.29, 0.717) is 25.7 Å². The molecule has 7 atom stereocenters. The van der Waals surface area contributed by atoms with Crippen LogP contribution in [0, 0.1) is 17.8 Å². The van der Waals surface area contributed by atoms with E-state index >= 15 is 0 Å². The van der Waals surface area contributed by atoms with Gasteiger partial charge in [-0.15, -0.1) is 0 Å². The van der Waals surface area contributed by atoms with Gasteiger partial charge >= 0.3 is 39.5 Å². The number of aliphatic hydroxyl groups is 1. The molecule has 0 aromatic rings. The highest BCUT2D eigenvalue weighted by Crippen LogP contribution is 2.45. The standard InChI is InChI=1S/C71H138O17P2/c1-8-11-12-13-14-15-16-21-24-31-40-47-54-70(75)88-67(59-82-69(74)53-46-39-34-33-37-44-51-64(7)10-3)61-86-90(79,80)84-57-65(72)56-83-89(77,78)85-60-66(58-81-68(73)52-45-38-30-27-26-29-36-43-50-63(6)9-2)87-71(76)55-48-41-32-25-22-19-17-18-20-23-28-35-42-49-62(4)5/h62-67,72H,8-61H2,1-7H3,(H,77,78)(H,79,80)/t63?,64?,65-,66-,67-/m1/s1. The predicted molar refractivity (Wildman–Crippen MR) is 363 cm³/mol. The fourth-order valence-electron chi connectivity index (χ4n) is 10.7. The Kier molecular flexibility index (Phi) is 60.6. The fourth-order valence-corrected chi connectivity index (χ4v) is 12.2. The second-order valence-corrected chi connectivity index (χ2v) is 29.5. The summed E-state index contributed by atoms with van der Waals surface area (Å²) in [5, 5.41) is 10.6. The van der Waals surface area contributed by atoms with Crippen molar-refractivity contribution in [1.29, 1.82) is 0 Å². The van der Waals surface area contributed by atoms with Crippen LogP contribution in [0.1, 0.15) is 357 Å². The lowest BCUT2D eigenvalue weighted by atomic mass is 9.99. The molecule has 0 aliphatic rings. The van der Waals surface area contributed by atoms with Gasteiger partial charge in [-0.3, -0.25) is 37.3 Å². The van der Waals surface area contributed by atoms with E-state index in [-0.39, 0.29) is 25.7 Å². The van der Waals surface area contributed by atoms with Gasteiger partial charge in [0, 0.05) is 25.7 Å². The summed E-state index contributed by atoms with van der Waals surface area (Å²) in [6.45, 7) is 11.8. The quantitative estimate of drug-likeness (QED) is 0.0222. The van der Waals surface area contributed by atoms with Crippen molar-refractivity contribution in [2.75, 3.05) is 39.6 Å². The van der Waals surface area contributed by atoms with Gasteiger partial charge in [0.05, 0.1) is 26.4 Å². The first-order chi connectivity index (χ1) is 43.3. The number of ether oxygens (including phenoxy) is 4. The molecule has 0 radical (unpaired) electrons. The number of rotatable bonds is 69. The largest absolute Gasteiger partial charge is 0.472 e. The number of carbonyl (C=O) groups excluding carboxylic acids is 4. The van der Waals surface area contributed by atoms with Crippen LogP contribution in [0.3, 0.4) is 0 Å². The van der Waals surface area contributed by atoms with Crippen LogP contribution in [-0.2, 0) is 65.4 Å². The van der Waals surface area contributed by atoms with Crippen LogP contribution < -0.4 is 0 Å². The molecule has 0 aromatic carbocycles. The molecule has 0 aliphatic heterocycles. The molecule has 534 valence electrons. The van der Waals surface area contributed by atoms with Crippen molar-refractivity contribution in [2.24, 2.45) is 17.8 Å². The van der Waals surface area contributed by atoms with Crippen molar-refractivity contribution < 1.29 is 80.2 Å². The zero-order valence-electron chi connectivity index (χ0n) is 58.6. The molecule has 0 bridgehead atoms. The minimum Gasteiger partial charge on any atom is -0.462 e. The Hall–Kier alpha value is -1.94. The average Bonchev–Trinajstić information content (AvgIpc) is 2.88. The van der Waals surface area contributed by atoms with E-state index in [9.17, 15) is 43.2 Å². The van der Waals surface area contributed by atoms with Gasteiger partial charge in [0.2, 0.25) is 0 Å². The number of carbonyl (C=O) groups is 4. The third kappa shape index (κ3) is 62.2. The van der Waals surface area contributed by atoms with Crippen LogP contribution >= 0.6 is 15.6 Å². The Balaban J connectivity index is 5.26. The minimum absolute atomic E-state index is 0.106. The summed E-state index contributed by atoms with van der Waals surface area (Å²) in [6, 6.07) is 0. The van der Waals surface area contributed by atoms with Crippen molar-refractivity contribution in [3.05, 3.63) is 0 Å². The van der Waals surface area contributed by atoms with Gasteiger partial charge in [-0.2, -0.15) is 0 Å². The second kappa shape index (κ2) is 61.9. The molecule has 0 fully saturated rings.